The Bertz CT molecular complexity index is 495. The molecule has 3 rings (SSSR count). The summed E-state index contributed by atoms with van der Waals surface area (Å²) in [5.74, 6) is -1.71. The Morgan fingerprint density at radius 2 is 1.90 bits per heavy atom. The van der Waals surface area contributed by atoms with E-state index in [1.54, 1.807) is 6.07 Å². The van der Waals surface area contributed by atoms with Gasteiger partial charge in [0.2, 0.25) is 0 Å². The molecule has 0 amide bonds. The molecule has 1 N–H and O–H groups in total. The Hall–Kier alpha value is -1.04. The second kappa shape index (κ2) is 5.06. The first-order valence-corrected chi connectivity index (χ1v) is 6.93. The standard InChI is InChI=1S/C15H19F2NO2/c1-18-11-6-15(19,7-12(18)9-20-8-11)5-10-2-3-13(16)14(17)4-10/h2-4,11-12,19H,5-9H2,1H3. The van der Waals surface area contributed by atoms with E-state index in [0.29, 0.717) is 38.0 Å². The highest BCUT2D eigenvalue weighted by Gasteiger charge is 2.44. The van der Waals surface area contributed by atoms with Crippen molar-refractivity contribution in [1.29, 1.82) is 0 Å². The predicted octanol–water partition coefficient (Wildman–Crippen LogP) is 1.73. The highest BCUT2D eigenvalue weighted by atomic mass is 19.2. The van der Waals surface area contributed by atoms with Gasteiger partial charge in [0, 0.05) is 18.5 Å². The van der Waals surface area contributed by atoms with Gasteiger partial charge in [0.15, 0.2) is 11.6 Å². The van der Waals surface area contributed by atoms with Crippen LogP contribution in [-0.2, 0) is 11.2 Å². The van der Waals surface area contributed by atoms with Crippen molar-refractivity contribution in [3.8, 4) is 0 Å². The fourth-order valence-corrected chi connectivity index (χ4v) is 3.41. The minimum Gasteiger partial charge on any atom is -0.389 e. The van der Waals surface area contributed by atoms with Crippen LogP contribution in [0.1, 0.15) is 18.4 Å². The number of fused-ring (bicyclic) bond motifs is 2. The van der Waals surface area contributed by atoms with Crippen molar-refractivity contribution in [3.05, 3.63) is 35.4 Å². The van der Waals surface area contributed by atoms with Crippen molar-refractivity contribution >= 4 is 0 Å². The molecule has 0 radical (unpaired) electrons. The number of likely N-dealkylation sites (N-methyl/N-ethyl adjacent to an activating group) is 1. The van der Waals surface area contributed by atoms with Gasteiger partial charge in [-0.15, -0.1) is 0 Å². The number of benzene rings is 1. The number of piperidine rings is 1. The topological polar surface area (TPSA) is 32.7 Å². The van der Waals surface area contributed by atoms with Gasteiger partial charge in [0.1, 0.15) is 0 Å². The van der Waals surface area contributed by atoms with Crippen molar-refractivity contribution in [3.63, 3.8) is 0 Å². The van der Waals surface area contributed by atoms with Crippen LogP contribution in [0.5, 0.6) is 0 Å². The zero-order valence-corrected chi connectivity index (χ0v) is 11.5. The largest absolute Gasteiger partial charge is 0.389 e. The second-order valence-corrected chi connectivity index (χ2v) is 6.07. The monoisotopic (exact) mass is 283 g/mol. The predicted molar refractivity (Wildman–Crippen MR) is 70.4 cm³/mol. The van der Waals surface area contributed by atoms with Gasteiger partial charge in [-0.2, -0.15) is 0 Å². The molecule has 0 aliphatic carbocycles. The van der Waals surface area contributed by atoms with Crippen molar-refractivity contribution in [2.24, 2.45) is 0 Å². The lowest BCUT2D eigenvalue weighted by atomic mass is 9.78. The Morgan fingerprint density at radius 1 is 1.25 bits per heavy atom. The summed E-state index contributed by atoms with van der Waals surface area (Å²) in [6, 6.07) is 4.22. The maximum atomic E-state index is 13.3. The average Bonchev–Trinajstić information content (AvgIpc) is 2.36. The van der Waals surface area contributed by atoms with E-state index in [-0.39, 0.29) is 12.1 Å². The number of hydrogen-bond acceptors (Lipinski definition) is 3. The van der Waals surface area contributed by atoms with Gasteiger partial charge < -0.3 is 9.84 Å². The SMILES string of the molecule is CN1C2COCC1CC(O)(Cc1ccc(F)c(F)c1)C2. The maximum absolute atomic E-state index is 13.3. The smallest absolute Gasteiger partial charge is 0.159 e. The van der Waals surface area contributed by atoms with E-state index in [4.69, 9.17) is 4.74 Å². The molecule has 1 aromatic rings. The van der Waals surface area contributed by atoms with E-state index in [2.05, 4.69) is 11.9 Å². The number of nitrogens with zero attached hydrogens (tertiary/aromatic N) is 1. The zero-order chi connectivity index (χ0) is 14.3. The first kappa shape index (κ1) is 13.9. The van der Waals surface area contributed by atoms with Crippen LogP contribution < -0.4 is 0 Å². The molecule has 2 aliphatic heterocycles. The number of rotatable bonds is 2. The van der Waals surface area contributed by atoms with E-state index < -0.39 is 17.2 Å². The van der Waals surface area contributed by atoms with E-state index in [0.717, 1.165) is 6.07 Å². The summed E-state index contributed by atoms with van der Waals surface area (Å²) in [4.78, 5) is 2.25. The number of morpholine rings is 1. The number of aliphatic hydroxyl groups is 1. The molecular formula is C15H19F2NO2. The summed E-state index contributed by atoms with van der Waals surface area (Å²) < 4.78 is 31.7. The van der Waals surface area contributed by atoms with Crippen molar-refractivity contribution in [2.75, 3.05) is 20.3 Å². The Balaban J connectivity index is 1.77. The molecule has 1 aromatic carbocycles. The molecule has 2 heterocycles. The molecule has 0 spiro atoms. The van der Waals surface area contributed by atoms with Gasteiger partial charge >= 0.3 is 0 Å². The van der Waals surface area contributed by atoms with Crippen molar-refractivity contribution in [1.82, 2.24) is 4.90 Å². The average molecular weight is 283 g/mol. The third-order valence-electron chi connectivity index (χ3n) is 4.52. The highest BCUT2D eigenvalue weighted by molar-refractivity contribution is 5.20. The Morgan fingerprint density at radius 3 is 2.50 bits per heavy atom. The van der Waals surface area contributed by atoms with Crippen LogP contribution in [0.15, 0.2) is 18.2 Å². The lowest BCUT2D eigenvalue weighted by Gasteiger charge is -2.50. The molecule has 2 bridgehead atoms. The third-order valence-corrected chi connectivity index (χ3v) is 4.52. The summed E-state index contributed by atoms with van der Waals surface area (Å²) >= 11 is 0. The highest BCUT2D eigenvalue weighted by Crippen LogP contribution is 2.35. The Labute approximate surface area is 117 Å². The summed E-state index contributed by atoms with van der Waals surface area (Å²) in [6.07, 6.45) is 1.54. The lowest BCUT2D eigenvalue weighted by Crippen LogP contribution is -2.60. The quantitative estimate of drug-likeness (QED) is 0.897. The number of ether oxygens (including phenoxy) is 1. The van der Waals surface area contributed by atoms with E-state index in [9.17, 15) is 13.9 Å². The zero-order valence-electron chi connectivity index (χ0n) is 11.5. The molecule has 3 nitrogen and oxygen atoms in total. The fraction of sp³-hybridized carbons (Fsp3) is 0.600. The maximum Gasteiger partial charge on any atom is 0.159 e. The molecule has 2 unspecified atom stereocenters. The van der Waals surface area contributed by atoms with Crippen molar-refractivity contribution in [2.45, 2.75) is 36.9 Å². The summed E-state index contributed by atoms with van der Waals surface area (Å²) in [5, 5.41) is 10.8. The summed E-state index contributed by atoms with van der Waals surface area (Å²) in [7, 11) is 2.05. The van der Waals surface area contributed by atoms with E-state index in [1.165, 1.54) is 6.07 Å². The second-order valence-electron chi connectivity index (χ2n) is 6.07. The molecule has 2 fully saturated rings. The van der Waals surface area contributed by atoms with Crippen LogP contribution in [0.25, 0.3) is 0 Å². The minimum absolute atomic E-state index is 0.192. The summed E-state index contributed by atoms with van der Waals surface area (Å²) in [6.45, 7) is 1.24. The van der Waals surface area contributed by atoms with Crippen LogP contribution in [0.3, 0.4) is 0 Å². The van der Waals surface area contributed by atoms with Crippen molar-refractivity contribution < 1.29 is 18.6 Å². The molecule has 2 atom stereocenters. The molecule has 2 saturated heterocycles. The van der Waals surface area contributed by atoms with Crippen LogP contribution in [0.4, 0.5) is 8.78 Å². The number of hydrogen-bond donors (Lipinski definition) is 1. The van der Waals surface area contributed by atoms with E-state index >= 15 is 0 Å². The first-order valence-electron chi connectivity index (χ1n) is 6.93. The Kier molecular flexibility index (Phi) is 3.52. The first-order chi connectivity index (χ1) is 9.47. The van der Waals surface area contributed by atoms with Gasteiger partial charge in [0.05, 0.1) is 18.8 Å². The molecule has 2 aliphatic rings. The third kappa shape index (κ3) is 2.57. The van der Waals surface area contributed by atoms with Gasteiger partial charge in [-0.05, 0) is 37.6 Å². The van der Waals surface area contributed by atoms with Gasteiger partial charge in [-0.25, -0.2) is 8.78 Å². The normalized spacial score (nSPS) is 34.2. The molecule has 20 heavy (non-hydrogen) atoms. The lowest BCUT2D eigenvalue weighted by molar-refractivity contribution is -0.133. The summed E-state index contributed by atoms with van der Waals surface area (Å²) in [5.41, 5.74) is -0.231. The van der Waals surface area contributed by atoms with Gasteiger partial charge in [0.25, 0.3) is 0 Å². The minimum atomic E-state index is -0.865. The molecule has 0 aromatic heterocycles. The van der Waals surface area contributed by atoms with Crippen LogP contribution in [0, 0.1) is 11.6 Å². The van der Waals surface area contributed by atoms with Gasteiger partial charge in [-0.1, -0.05) is 6.07 Å². The molecular weight excluding hydrogens is 264 g/mol. The van der Waals surface area contributed by atoms with Crippen LogP contribution in [-0.4, -0.2) is 48.0 Å². The van der Waals surface area contributed by atoms with Crippen LogP contribution in [0.2, 0.25) is 0 Å². The molecule has 110 valence electrons. The molecule has 5 heteroatoms. The molecule has 0 saturated carbocycles. The van der Waals surface area contributed by atoms with Gasteiger partial charge in [-0.3, -0.25) is 4.90 Å². The van der Waals surface area contributed by atoms with E-state index in [1.807, 2.05) is 0 Å². The van der Waals surface area contributed by atoms with Crippen LogP contribution >= 0.6 is 0 Å². The fourth-order valence-electron chi connectivity index (χ4n) is 3.41. The number of halogens is 2.